The number of nitrogens with one attached hydrogen (secondary N) is 1. The number of halogens is 3. The molecule has 0 aliphatic heterocycles. The van der Waals surface area contributed by atoms with E-state index in [0.29, 0.717) is 16.1 Å². The monoisotopic (exact) mass is 476 g/mol. The van der Waals surface area contributed by atoms with Crippen LogP contribution in [0.4, 0.5) is 18.3 Å². The Balaban J connectivity index is 1.60. The number of benzene rings is 1. The standard InChI is InChI=1S/C20H15F3N6O3S/c1-31-12-5-3-11(4-6-12)14-10-33-19(25-14)26-18(30)13-9-24-29(17(13)20(21,22)23)15-7-8-16(32-2)28-27-15/h3-10H,1-2H3,(H,25,26,30). The molecule has 170 valence electrons. The van der Waals surface area contributed by atoms with Crippen molar-refractivity contribution in [2.45, 2.75) is 6.18 Å². The lowest BCUT2D eigenvalue weighted by atomic mass is 10.2. The molecule has 9 nitrogen and oxygen atoms in total. The fourth-order valence-electron chi connectivity index (χ4n) is 2.89. The van der Waals surface area contributed by atoms with Gasteiger partial charge in [0.15, 0.2) is 16.6 Å². The van der Waals surface area contributed by atoms with E-state index in [-0.39, 0.29) is 16.8 Å². The van der Waals surface area contributed by atoms with E-state index in [1.165, 1.54) is 19.2 Å². The van der Waals surface area contributed by atoms with Crippen molar-refractivity contribution in [2.24, 2.45) is 0 Å². The first kappa shape index (κ1) is 22.2. The van der Waals surface area contributed by atoms with E-state index in [9.17, 15) is 18.0 Å². The van der Waals surface area contributed by atoms with Gasteiger partial charge < -0.3 is 9.47 Å². The first-order valence-corrected chi connectivity index (χ1v) is 10.1. The lowest BCUT2D eigenvalue weighted by Gasteiger charge is -2.11. The maximum atomic E-state index is 13.8. The normalized spacial score (nSPS) is 11.3. The van der Waals surface area contributed by atoms with Crippen molar-refractivity contribution in [1.29, 1.82) is 0 Å². The van der Waals surface area contributed by atoms with Crippen molar-refractivity contribution in [3.05, 3.63) is 59.2 Å². The highest BCUT2D eigenvalue weighted by atomic mass is 32.1. The van der Waals surface area contributed by atoms with Gasteiger partial charge in [0.05, 0.1) is 31.7 Å². The third-order valence-corrected chi connectivity index (χ3v) is 5.20. The van der Waals surface area contributed by atoms with Crippen LogP contribution in [0.25, 0.3) is 17.1 Å². The molecule has 0 spiro atoms. The number of aromatic nitrogens is 5. The predicted octanol–water partition coefficient (Wildman–Crippen LogP) is 4.07. The number of thiazole rings is 1. The number of carbonyl (C=O) groups excluding carboxylic acids is 1. The van der Waals surface area contributed by atoms with Gasteiger partial charge in [0.1, 0.15) is 5.75 Å². The summed E-state index contributed by atoms with van der Waals surface area (Å²) in [6.07, 6.45) is -4.07. The molecule has 33 heavy (non-hydrogen) atoms. The van der Waals surface area contributed by atoms with Gasteiger partial charge in [0.25, 0.3) is 5.91 Å². The van der Waals surface area contributed by atoms with Crippen LogP contribution in [0.15, 0.2) is 48.0 Å². The molecular weight excluding hydrogens is 461 g/mol. The van der Waals surface area contributed by atoms with Crippen LogP contribution in [0.3, 0.4) is 0 Å². The van der Waals surface area contributed by atoms with Crippen LogP contribution < -0.4 is 14.8 Å². The first-order chi connectivity index (χ1) is 15.8. The third kappa shape index (κ3) is 4.62. The van der Waals surface area contributed by atoms with Crippen LogP contribution in [0.2, 0.25) is 0 Å². The minimum absolute atomic E-state index is 0.119. The van der Waals surface area contributed by atoms with E-state index in [4.69, 9.17) is 9.47 Å². The molecule has 4 aromatic rings. The Bertz CT molecular complexity index is 1270. The molecule has 4 rings (SSSR count). The Labute approximate surface area is 188 Å². The Morgan fingerprint density at radius 1 is 1.06 bits per heavy atom. The summed E-state index contributed by atoms with van der Waals surface area (Å²) in [6.45, 7) is 0. The van der Waals surface area contributed by atoms with E-state index in [1.54, 1.807) is 36.8 Å². The largest absolute Gasteiger partial charge is 0.497 e. The lowest BCUT2D eigenvalue weighted by molar-refractivity contribution is -0.143. The second kappa shape index (κ2) is 8.86. The molecule has 1 aromatic carbocycles. The van der Waals surface area contributed by atoms with Gasteiger partial charge in [-0.2, -0.15) is 18.3 Å². The number of methoxy groups -OCH3 is 2. The summed E-state index contributed by atoms with van der Waals surface area (Å²) in [5.41, 5.74) is -0.652. The zero-order chi connectivity index (χ0) is 23.6. The molecular formula is C20H15F3N6O3S. The van der Waals surface area contributed by atoms with Crippen molar-refractivity contribution in [2.75, 3.05) is 19.5 Å². The predicted molar refractivity (Wildman–Crippen MR) is 113 cm³/mol. The minimum Gasteiger partial charge on any atom is -0.497 e. The van der Waals surface area contributed by atoms with Crippen LogP contribution in [0.5, 0.6) is 11.6 Å². The number of anilines is 1. The maximum absolute atomic E-state index is 13.8. The highest BCUT2D eigenvalue weighted by molar-refractivity contribution is 7.14. The summed E-state index contributed by atoms with van der Waals surface area (Å²) >= 11 is 1.08. The second-order valence-electron chi connectivity index (χ2n) is 6.47. The van der Waals surface area contributed by atoms with Gasteiger partial charge in [-0.15, -0.1) is 21.5 Å². The van der Waals surface area contributed by atoms with Crippen LogP contribution in [0.1, 0.15) is 16.1 Å². The number of carbonyl (C=O) groups is 1. The molecule has 3 heterocycles. The summed E-state index contributed by atoms with van der Waals surface area (Å²) in [5, 5.41) is 15.2. The Morgan fingerprint density at radius 2 is 1.82 bits per heavy atom. The molecule has 0 aliphatic rings. The number of rotatable bonds is 6. The number of ether oxygens (including phenoxy) is 2. The molecule has 0 unspecified atom stereocenters. The van der Waals surface area contributed by atoms with Gasteiger partial charge in [-0.25, -0.2) is 9.67 Å². The summed E-state index contributed by atoms with van der Waals surface area (Å²) < 4.78 is 51.9. The molecule has 0 atom stereocenters. The summed E-state index contributed by atoms with van der Waals surface area (Å²) in [5.74, 6) is -0.446. The fourth-order valence-corrected chi connectivity index (χ4v) is 3.60. The molecule has 1 amide bonds. The molecule has 0 saturated carbocycles. The van der Waals surface area contributed by atoms with Crippen LogP contribution in [0, 0.1) is 0 Å². The minimum atomic E-state index is -4.89. The molecule has 0 bridgehead atoms. The van der Waals surface area contributed by atoms with Gasteiger partial charge in [-0.1, -0.05) is 0 Å². The molecule has 13 heteroatoms. The van der Waals surface area contributed by atoms with Gasteiger partial charge in [-0.05, 0) is 30.3 Å². The zero-order valence-corrected chi connectivity index (χ0v) is 17.9. The van der Waals surface area contributed by atoms with Gasteiger partial charge in [-0.3, -0.25) is 10.1 Å². The maximum Gasteiger partial charge on any atom is 0.434 e. The molecule has 0 fully saturated rings. The smallest absolute Gasteiger partial charge is 0.434 e. The summed E-state index contributed by atoms with van der Waals surface area (Å²) in [7, 11) is 2.89. The molecule has 0 radical (unpaired) electrons. The second-order valence-corrected chi connectivity index (χ2v) is 7.33. The van der Waals surface area contributed by atoms with Crippen molar-refractivity contribution < 1.29 is 27.4 Å². The van der Waals surface area contributed by atoms with E-state index < -0.39 is 23.3 Å². The number of amides is 1. The van der Waals surface area contributed by atoms with Crippen molar-refractivity contribution in [1.82, 2.24) is 25.0 Å². The van der Waals surface area contributed by atoms with Gasteiger partial charge >= 0.3 is 6.18 Å². The van der Waals surface area contributed by atoms with E-state index in [0.717, 1.165) is 23.1 Å². The van der Waals surface area contributed by atoms with Crippen LogP contribution >= 0.6 is 11.3 Å². The fraction of sp³-hybridized carbons (Fsp3) is 0.150. The van der Waals surface area contributed by atoms with Crippen LogP contribution in [-0.4, -0.2) is 45.1 Å². The quantitative estimate of drug-likeness (QED) is 0.447. The average Bonchev–Trinajstić information content (AvgIpc) is 3.47. The zero-order valence-electron chi connectivity index (χ0n) is 17.1. The van der Waals surface area contributed by atoms with E-state index in [2.05, 4.69) is 25.6 Å². The first-order valence-electron chi connectivity index (χ1n) is 9.24. The number of hydrogen-bond acceptors (Lipinski definition) is 8. The summed E-state index contributed by atoms with van der Waals surface area (Å²) in [4.78, 5) is 17.0. The Hall–Kier alpha value is -4.00. The Kier molecular flexibility index (Phi) is 5.96. The third-order valence-electron chi connectivity index (χ3n) is 4.44. The van der Waals surface area contributed by atoms with Gasteiger partial charge in [0, 0.05) is 17.0 Å². The van der Waals surface area contributed by atoms with Crippen molar-refractivity contribution in [3.63, 3.8) is 0 Å². The number of nitrogens with zero attached hydrogens (tertiary/aromatic N) is 5. The van der Waals surface area contributed by atoms with E-state index >= 15 is 0 Å². The van der Waals surface area contributed by atoms with Crippen molar-refractivity contribution >= 4 is 22.4 Å². The average molecular weight is 476 g/mol. The molecule has 1 N–H and O–H groups in total. The topological polar surface area (TPSA) is 104 Å². The SMILES string of the molecule is COc1ccc(-c2csc(NC(=O)c3cnn(-c4ccc(OC)nn4)c3C(F)(F)F)n2)cc1. The number of hydrogen-bond donors (Lipinski definition) is 1. The summed E-state index contributed by atoms with van der Waals surface area (Å²) in [6, 6.07) is 9.64. The molecule has 0 aliphatic carbocycles. The van der Waals surface area contributed by atoms with Crippen LogP contribution in [-0.2, 0) is 6.18 Å². The lowest BCUT2D eigenvalue weighted by Crippen LogP contribution is -2.21. The highest BCUT2D eigenvalue weighted by Crippen LogP contribution is 2.34. The van der Waals surface area contributed by atoms with Gasteiger partial charge in [0.2, 0.25) is 5.88 Å². The Morgan fingerprint density at radius 3 is 2.42 bits per heavy atom. The molecule has 3 aromatic heterocycles. The number of alkyl halides is 3. The molecule has 0 saturated heterocycles. The highest BCUT2D eigenvalue weighted by Gasteiger charge is 2.41. The van der Waals surface area contributed by atoms with E-state index in [1.807, 2.05) is 0 Å². The van der Waals surface area contributed by atoms with Crippen molar-refractivity contribution in [3.8, 4) is 28.7 Å².